The molecule has 1 heterocycles. The minimum absolute atomic E-state index is 0.411. The number of nitrogens with two attached hydrogens (primary N) is 1. The fourth-order valence-electron chi connectivity index (χ4n) is 1.22. The van der Waals surface area contributed by atoms with Crippen molar-refractivity contribution in [1.29, 1.82) is 0 Å². The molecular formula is C11H8ClNOS2. The summed E-state index contributed by atoms with van der Waals surface area (Å²) in [6, 6.07) is 11.0. The number of hydrogen-bond donors (Lipinski definition) is 1. The number of amides is 1. The van der Waals surface area contributed by atoms with E-state index in [-0.39, 0.29) is 0 Å². The lowest BCUT2D eigenvalue weighted by molar-refractivity contribution is 0.0997. The molecular weight excluding hydrogens is 262 g/mol. The van der Waals surface area contributed by atoms with E-state index in [9.17, 15) is 4.79 Å². The van der Waals surface area contributed by atoms with Crippen molar-refractivity contribution in [2.45, 2.75) is 9.10 Å². The highest BCUT2D eigenvalue weighted by Crippen LogP contribution is 2.36. The number of rotatable bonds is 3. The molecule has 16 heavy (non-hydrogen) atoms. The van der Waals surface area contributed by atoms with Gasteiger partial charge in [0.1, 0.15) is 0 Å². The second kappa shape index (κ2) is 4.91. The van der Waals surface area contributed by atoms with E-state index in [1.807, 2.05) is 24.3 Å². The molecule has 5 heteroatoms. The summed E-state index contributed by atoms with van der Waals surface area (Å²) in [7, 11) is 0. The van der Waals surface area contributed by atoms with E-state index in [1.165, 1.54) is 23.1 Å². The second-order valence-electron chi connectivity index (χ2n) is 3.02. The lowest BCUT2D eigenvalue weighted by Gasteiger charge is -2.03. The van der Waals surface area contributed by atoms with E-state index in [0.29, 0.717) is 5.56 Å². The second-order valence-corrected chi connectivity index (χ2v) is 6.08. The van der Waals surface area contributed by atoms with Gasteiger partial charge in [0.25, 0.3) is 0 Å². The summed E-state index contributed by atoms with van der Waals surface area (Å²) in [5, 5.41) is 0. The monoisotopic (exact) mass is 269 g/mol. The zero-order valence-electron chi connectivity index (χ0n) is 8.14. The van der Waals surface area contributed by atoms with Gasteiger partial charge in [-0.15, -0.1) is 11.3 Å². The summed E-state index contributed by atoms with van der Waals surface area (Å²) in [6.07, 6.45) is 0. The van der Waals surface area contributed by atoms with Crippen LogP contribution in [-0.2, 0) is 0 Å². The Hall–Kier alpha value is -0.970. The number of primary amides is 1. The SMILES string of the molecule is NC(=O)c1ccccc1Sc1ccc(Cl)s1. The lowest BCUT2D eigenvalue weighted by Crippen LogP contribution is -2.11. The van der Waals surface area contributed by atoms with E-state index in [0.717, 1.165) is 13.4 Å². The van der Waals surface area contributed by atoms with E-state index in [1.54, 1.807) is 12.1 Å². The van der Waals surface area contributed by atoms with Crippen LogP contribution >= 0.6 is 34.7 Å². The highest BCUT2D eigenvalue weighted by atomic mass is 35.5. The topological polar surface area (TPSA) is 43.1 Å². The molecule has 2 N–H and O–H groups in total. The average Bonchev–Trinajstić information content (AvgIpc) is 2.64. The van der Waals surface area contributed by atoms with Crippen LogP contribution in [0.2, 0.25) is 4.34 Å². The number of carbonyl (C=O) groups is 1. The molecule has 0 saturated heterocycles. The molecule has 0 aliphatic heterocycles. The first-order valence-electron chi connectivity index (χ1n) is 4.49. The van der Waals surface area contributed by atoms with Gasteiger partial charge in [0.15, 0.2) is 0 Å². The summed E-state index contributed by atoms with van der Waals surface area (Å²) in [4.78, 5) is 12.1. The molecule has 0 spiro atoms. The van der Waals surface area contributed by atoms with Gasteiger partial charge in [0, 0.05) is 4.90 Å². The van der Waals surface area contributed by atoms with Crippen LogP contribution in [0.1, 0.15) is 10.4 Å². The lowest BCUT2D eigenvalue weighted by atomic mass is 10.2. The number of benzene rings is 1. The molecule has 0 radical (unpaired) electrons. The third-order valence-electron chi connectivity index (χ3n) is 1.91. The van der Waals surface area contributed by atoms with Crippen molar-refractivity contribution in [2.75, 3.05) is 0 Å². The highest BCUT2D eigenvalue weighted by molar-refractivity contribution is 8.01. The smallest absolute Gasteiger partial charge is 0.249 e. The standard InChI is InChI=1S/C11H8ClNOS2/c12-9-5-6-10(16-9)15-8-4-2-1-3-7(8)11(13)14/h1-6H,(H2,13,14). The Balaban J connectivity index is 2.31. The number of hydrogen-bond acceptors (Lipinski definition) is 3. The van der Waals surface area contributed by atoms with Crippen LogP contribution in [0.5, 0.6) is 0 Å². The van der Waals surface area contributed by atoms with Gasteiger partial charge in [-0.2, -0.15) is 0 Å². The maximum atomic E-state index is 11.2. The third-order valence-corrected chi connectivity index (χ3v) is 4.35. The fraction of sp³-hybridized carbons (Fsp3) is 0. The predicted octanol–water partition coefficient (Wildman–Crippen LogP) is 3.65. The normalized spacial score (nSPS) is 10.3. The van der Waals surface area contributed by atoms with Gasteiger partial charge in [-0.3, -0.25) is 4.79 Å². The zero-order valence-corrected chi connectivity index (χ0v) is 10.5. The first-order valence-corrected chi connectivity index (χ1v) is 6.50. The Morgan fingerprint density at radius 3 is 2.62 bits per heavy atom. The number of carbonyl (C=O) groups excluding carboxylic acids is 1. The molecule has 0 aliphatic rings. The minimum atomic E-state index is -0.411. The maximum absolute atomic E-state index is 11.2. The Labute approximate surface area is 106 Å². The van der Waals surface area contributed by atoms with E-state index in [4.69, 9.17) is 17.3 Å². The molecule has 0 atom stereocenters. The number of thiophene rings is 1. The summed E-state index contributed by atoms with van der Waals surface area (Å²) >= 11 is 8.82. The van der Waals surface area contributed by atoms with Gasteiger partial charge < -0.3 is 5.73 Å². The largest absolute Gasteiger partial charge is 0.366 e. The quantitative estimate of drug-likeness (QED) is 0.924. The van der Waals surface area contributed by atoms with Crippen molar-refractivity contribution >= 4 is 40.6 Å². The summed E-state index contributed by atoms with van der Waals surface area (Å²) < 4.78 is 1.78. The van der Waals surface area contributed by atoms with Crippen LogP contribution in [0.25, 0.3) is 0 Å². The zero-order chi connectivity index (χ0) is 11.5. The van der Waals surface area contributed by atoms with Gasteiger partial charge in [-0.1, -0.05) is 35.5 Å². The fourth-order valence-corrected chi connectivity index (χ4v) is 3.62. The Morgan fingerprint density at radius 2 is 2.00 bits per heavy atom. The van der Waals surface area contributed by atoms with E-state index >= 15 is 0 Å². The van der Waals surface area contributed by atoms with Gasteiger partial charge in [0.05, 0.1) is 14.1 Å². The molecule has 1 aromatic carbocycles. The molecule has 0 bridgehead atoms. The molecule has 1 aromatic heterocycles. The molecule has 2 rings (SSSR count). The summed E-state index contributed by atoms with van der Waals surface area (Å²) in [6.45, 7) is 0. The van der Waals surface area contributed by atoms with Crippen molar-refractivity contribution in [3.63, 3.8) is 0 Å². The van der Waals surface area contributed by atoms with Crippen LogP contribution in [0.4, 0.5) is 0 Å². The van der Waals surface area contributed by atoms with Crippen LogP contribution in [-0.4, -0.2) is 5.91 Å². The minimum Gasteiger partial charge on any atom is -0.366 e. The summed E-state index contributed by atoms with van der Waals surface area (Å²) in [5.41, 5.74) is 5.84. The molecule has 2 nitrogen and oxygen atoms in total. The highest BCUT2D eigenvalue weighted by Gasteiger charge is 2.09. The Kier molecular flexibility index (Phi) is 3.53. The predicted molar refractivity (Wildman–Crippen MR) is 68.4 cm³/mol. The molecule has 0 saturated carbocycles. The molecule has 0 aliphatic carbocycles. The van der Waals surface area contributed by atoms with Gasteiger partial charge in [-0.05, 0) is 24.3 Å². The van der Waals surface area contributed by atoms with Crippen molar-refractivity contribution in [2.24, 2.45) is 5.73 Å². The number of halogens is 1. The van der Waals surface area contributed by atoms with Crippen LogP contribution in [0, 0.1) is 0 Å². The average molecular weight is 270 g/mol. The first-order chi connectivity index (χ1) is 7.66. The Morgan fingerprint density at radius 1 is 1.25 bits per heavy atom. The first kappa shape index (κ1) is 11.5. The summed E-state index contributed by atoms with van der Waals surface area (Å²) in [5.74, 6) is -0.411. The van der Waals surface area contributed by atoms with Crippen molar-refractivity contribution in [3.8, 4) is 0 Å². The van der Waals surface area contributed by atoms with Crippen LogP contribution in [0.3, 0.4) is 0 Å². The molecule has 82 valence electrons. The van der Waals surface area contributed by atoms with Gasteiger partial charge in [0.2, 0.25) is 5.91 Å². The van der Waals surface area contributed by atoms with Crippen molar-refractivity contribution in [1.82, 2.24) is 0 Å². The van der Waals surface area contributed by atoms with Gasteiger partial charge in [-0.25, -0.2) is 0 Å². The molecule has 1 amide bonds. The van der Waals surface area contributed by atoms with E-state index in [2.05, 4.69) is 0 Å². The molecule has 0 fully saturated rings. The van der Waals surface area contributed by atoms with Crippen LogP contribution in [0.15, 0.2) is 45.5 Å². The third kappa shape index (κ3) is 2.58. The van der Waals surface area contributed by atoms with E-state index < -0.39 is 5.91 Å². The van der Waals surface area contributed by atoms with Gasteiger partial charge >= 0.3 is 0 Å². The Bertz CT molecular complexity index is 524. The van der Waals surface area contributed by atoms with Crippen LogP contribution < -0.4 is 5.73 Å². The van der Waals surface area contributed by atoms with Crippen molar-refractivity contribution in [3.05, 3.63) is 46.3 Å². The maximum Gasteiger partial charge on any atom is 0.249 e. The molecule has 0 unspecified atom stereocenters. The van der Waals surface area contributed by atoms with Crippen molar-refractivity contribution < 1.29 is 4.79 Å². The molecule has 2 aromatic rings.